The molecule has 4 fully saturated rings. The monoisotopic (exact) mass is 1320 g/mol. The summed E-state index contributed by atoms with van der Waals surface area (Å²) in [6.07, 6.45) is -13.4. The van der Waals surface area contributed by atoms with E-state index in [1.807, 2.05) is 0 Å². The highest BCUT2D eigenvalue weighted by Crippen LogP contribution is 2.64. The normalized spacial score (nSPS) is 29.3. The number of fused-ring (bicyclic) bond motifs is 5. The second-order valence-corrected chi connectivity index (χ2v) is 24.4. The Morgan fingerprint density at radius 2 is 1.31 bits per heavy atom. The number of benzene rings is 3. The van der Waals surface area contributed by atoms with Crippen molar-refractivity contribution in [1.29, 1.82) is 0 Å². The lowest BCUT2D eigenvalue weighted by molar-refractivity contribution is -0.346. The third-order valence-corrected chi connectivity index (χ3v) is 17.8. The van der Waals surface area contributed by atoms with Gasteiger partial charge in [-0.3, -0.25) is 33.6 Å². The number of unbranched alkanes of at least 4 members (excludes halogenated alkanes) is 1. The summed E-state index contributed by atoms with van der Waals surface area (Å²) >= 11 is 0. The quantitative estimate of drug-likeness (QED) is 0.0377. The number of amides is 1. The number of ether oxygens (including phenoxy) is 13. The van der Waals surface area contributed by atoms with Crippen LogP contribution in [0.1, 0.15) is 120 Å². The molecule has 510 valence electrons. The summed E-state index contributed by atoms with van der Waals surface area (Å²) in [6, 6.07) is 21.4. The average Bonchev–Trinajstić information content (AvgIpc) is 0.670. The van der Waals surface area contributed by atoms with Gasteiger partial charge in [-0.05, 0) is 61.2 Å². The first kappa shape index (κ1) is 71.9. The Labute approximate surface area is 546 Å². The Balaban J connectivity index is 1.14. The molecule has 3 aromatic carbocycles. The molecule has 2 bridgehead atoms. The van der Waals surface area contributed by atoms with Gasteiger partial charge in [-0.25, -0.2) is 19.2 Å². The van der Waals surface area contributed by atoms with Gasteiger partial charge in [0.1, 0.15) is 55.9 Å². The van der Waals surface area contributed by atoms with E-state index in [4.69, 9.17) is 68.0 Å². The van der Waals surface area contributed by atoms with Crippen LogP contribution in [0.2, 0.25) is 0 Å². The molecule has 5 aliphatic rings. The maximum atomic E-state index is 15.9. The Kier molecular flexibility index (Phi) is 22.9. The summed E-state index contributed by atoms with van der Waals surface area (Å²) in [5.41, 5.74) is -8.44. The summed E-state index contributed by atoms with van der Waals surface area (Å²) in [5, 5.41) is 29.2. The van der Waals surface area contributed by atoms with Crippen LogP contribution in [-0.4, -0.2) is 187 Å². The number of terminal acetylenes is 1. The Bertz CT molecular complexity index is 3460. The molecule has 3 N–H and O–H groups in total. The van der Waals surface area contributed by atoms with Crippen molar-refractivity contribution >= 4 is 65.4 Å². The molecule has 2 saturated heterocycles. The van der Waals surface area contributed by atoms with Crippen molar-refractivity contribution in [3.8, 4) is 12.3 Å². The van der Waals surface area contributed by atoms with Gasteiger partial charge in [0, 0.05) is 64.9 Å². The molecule has 95 heavy (non-hydrogen) atoms. The first-order valence-electron chi connectivity index (χ1n) is 30.7. The van der Waals surface area contributed by atoms with Crippen molar-refractivity contribution in [2.45, 2.75) is 173 Å². The van der Waals surface area contributed by atoms with Gasteiger partial charge in [0.2, 0.25) is 6.10 Å². The van der Waals surface area contributed by atoms with E-state index in [0.29, 0.717) is 6.42 Å². The summed E-state index contributed by atoms with van der Waals surface area (Å²) in [4.78, 5) is 152. The van der Waals surface area contributed by atoms with Gasteiger partial charge in [-0.2, -0.15) is 0 Å². The second-order valence-electron chi connectivity index (χ2n) is 24.4. The number of hydrogen-bond donors (Lipinski definition) is 3. The topological polar surface area (TPSA) is 360 Å². The molecular weight excluding hydrogens is 1250 g/mol. The number of hydrogen-bond acceptors (Lipinski definition) is 26. The Morgan fingerprint density at radius 1 is 0.726 bits per heavy atom. The lowest BCUT2D eigenvalue weighted by Crippen LogP contribution is -2.82. The zero-order valence-corrected chi connectivity index (χ0v) is 53.8. The van der Waals surface area contributed by atoms with E-state index in [1.54, 1.807) is 54.6 Å². The van der Waals surface area contributed by atoms with E-state index >= 15 is 9.59 Å². The van der Waals surface area contributed by atoms with Gasteiger partial charge in [-0.1, -0.05) is 80.6 Å². The maximum absolute atomic E-state index is 15.9. The molecule has 2 heterocycles. The van der Waals surface area contributed by atoms with Crippen LogP contribution >= 0.6 is 0 Å². The molecule has 3 aromatic rings. The van der Waals surface area contributed by atoms with Gasteiger partial charge in [0.15, 0.2) is 42.1 Å². The predicted molar refractivity (Wildman–Crippen MR) is 323 cm³/mol. The molecule has 2 aliphatic heterocycles. The van der Waals surface area contributed by atoms with E-state index in [9.17, 15) is 53.4 Å². The molecular formula is C68H77NO26. The van der Waals surface area contributed by atoms with E-state index < -0.39 is 200 Å². The van der Waals surface area contributed by atoms with Gasteiger partial charge >= 0.3 is 53.7 Å². The molecule has 2 saturated carbocycles. The van der Waals surface area contributed by atoms with E-state index in [1.165, 1.54) is 64.1 Å². The predicted octanol–water partition coefficient (Wildman–Crippen LogP) is 3.80. The van der Waals surface area contributed by atoms with Crippen LogP contribution in [0, 0.1) is 29.1 Å². The zero-order chi connectivity index (χ0) is 69.3. The molecule has 0 spiro atoms. The second kappa shape index (κ2) is 30.2. The van der Waals surface area contributed by atoms with Crippen LogP contribution in [-0.2, 0) is 105 Å². The largest absolute Gasteiger partial charge is 0.461 e. The van der Waals surface area contributed by atoms with Gasteiger partial charge in [0.05, 0.1) is 36.2 Å². The van der Waals surface area contributed by atoms with Gasteiger partial charge in [0.25, 0.3) is 5.91 Å². The number of aliphatic hydroxyl groups excluding tert-OH is 1. The SMILES string of the molecule is C#CCCCO[C@@H]1OC(COC(=O)COCC(=O)O[C@@H](C(=O)O[C@H]2C[C@@]3(O)[C@@H](OC(=O)c4ccccc4)[C@@H]4[C@]5(OC(C)=O)CO[C@@H]5C[C@H](O)[C@@]4(C)C(=O)[C@H](OC(C)=O)C(=C2C)C3(C)C)C(NC(=O)c2ccccc2)c2ccccc2)[C@@H](OC(C)=O)C(OC(C)=O)C1OC(C)=O. The summed E-state index contributed by atoms with van der Waals surface area (Å²) in [5.74, 6) is -10.4. The molecule has 8 rings (SSSR count). The van der Waals surface area contributed by atoms with Crippen LogP contribution in [0.4, 0.5) is 0 Å². The number of esters is 9. The molecule has 3 aliphatic carbocycles. The van der Waals surface area contributed by atoms with Crippen LogP contribution in [0.15, 0.2) is 102 Å². The van der Waals surface area contributed by atoms with E-state index in [0.717, 1.165) is 34.6 Å². The van der Waals surface area contributed by atoms with Crippen LogP contribution in [0.25, 0.3) is 0 Å². The minimum absolute atomic E-state index is 0.0104. The number of nitrogens with one attached hydrogen (secondary N) is 1. The highest BCUT2D eigenvalue weighted by atomic mass is 16.7. The zero-order valence-electron chi connectivity index (χ0n) is 53.8. The van der Waals surface area contributed by atoms with Crippen molar-refractivity contribution in [3.05, 3.63) is 119 Å². The van der Waals surface area contributed by atoms with Gasteiger partial charge in [-0.15, -0.1) is 12.3 Å². The molecule has 27 nitrogen and oxygen atoms in total. The summed E-state index contributed by atoms with van der Waals surface area (Å²) in [7, 11) is 0. The van der Waals surface area contributed by atoms with Crippen molar-refractivity contribution in [1.82, 2.24) is 5.32 Å². The van der Waals surface area contributed by atoms with Crippen molar-refractivity contribution < 1.29 is 125 Å². The number of rotatable bonds is 24. The first-order chi connectivity index (χ1) is 45.0. The number of aliphatic hydroxyl groups is 2. The minimum Gasteiger partial charge on any atom is -0.461 e. The van der Waals surface area contributed by atoms with Crippen molar-refractivity contribution in [2.24, 2.45) is 16.7 Å². The minimum atomic E-state index is -2.60. The van der Waals surface area contributed by atoms with Crippen LogP contribution < -0.4 is 5.32 Å². The van der Waals surface area contributed by atoms with Crippen molar-refractivity contribution in [2.75, 3.05) is 33.0 Å². The number of carbonyl (C=O) groups is 11. The molecule has 1 amide bonds. The van der Waals surface area contributed by atoms with E-state index in [-0.39, 0.29) is 47.3 Å². The number of carbonyl (C=O) groups excluding carboxylic acids is 11. The fourth-order valence-electron chi connectivity index (χ4n) is 13.4. The Morgan fingerprint density at radius 3 is 1.88 bits per heavy atom. The molecule has 27 heteroatoms. The molecule has 0 aromatic heterocycles. The van der Waals surface area contributed by atoms with Crippen LogP contribution in [0.5, 0.6) is 0 Å². The average molecular weight is 1320 g/mol. The lowest BCUT2D eigenvalue weighted by atomic mass is 9.44. The first-order valence-corrected chi connectivity index (χ1v) is 30.7. The number of Topliss-reactive ketones (excluding diaryl/α,β-unsaturated/α-hetero) is 1. The third kappa shape index (κ3) is 15.4. The Hall–Kier alpha value is -8.91. The maximum Gasteiger partial charge on any atom is 0.350 e. The van der Waals surface area contributed by atoms with Crippen molar-refractivity contribution in [3.63, 3.8) is 0 Å². The fourth-order valence-corrected chi connectivity index (χ4v) is 13.4. The summed E-state index contributed by atoms with van der Waals surface area (Å²) in [6.45, 7) is 7.71. The van der Waals surface area contributed by atoms with Crippen LogP contribution in [0.3, 0.4) is 0 Å². The van der Waals surface area contributed by atoms with Gasteiger partial charge < -0.3 is 77.1 Å². The smallest absolute Gasteiger partial charge is 0.350 e. The molecule has 4 unspecified atom stereocenters. The molecule has 0 radical (unpaired) electrons. The standard InChI is InChI=1S/C68H77NO26/c1-11-12-22-29-84-64-57(90-40(6)73)56(89-39(5)72)53(87-37(3)70)46(92-64)32-85-49(76)33-83-34-50(77)93-55(52(42-23-16-13-17-24-42)69-61(79)43-25-18-14-19-26-43)63(81)91-45-31-68(82)60(94-62(80)44-27-20-15-21-28-44)58-66(10,47(75)30-48-67(58,35-86-48)95-41(7)74)59(78)54(88-38(4)71)51(36(45)2)65(68,8)9/h1,13-21,23-28,45-48,52-58,60,64,75,82H,12,22,29-35H2,2-10H3,(H,69,79)/t45-,46?,47-,48+,52?,53+,54+,55+,56?,57?,58-,60-,64+,66+,67-,68+/m0/s1. The highest BCUT2D eigenvalue weighted by Gasteiger charge is 2.78. The third-order valence-electron chi connectivity index (χ3n) is 17.8. The molecule has 16 atom stereocenters. The lowest BCUT2D eigenvalue weighted by Gasteiger charge is -2.67. The highest BCUT2D eigenvalue weighted by molar-refractivity contribution is 5.96. The summed E-state index contributed by atoms with van der Waals surface area (Å²) < 4.78 is 76.0. The van der Waals surface area contributed by atoms with E-state index in [2.05, 4.69) is 11.2 Å². The fraction of sp³-hybridized carbons (Fsp3) is 0.515. The number of ketones is 1.